The Labute approximate surface area is 152 Å². The largest absolute Gasteiger partial charge is 0.497 e. The predicted octanol–water partition coefficient (Wildman–Crippen LogP) is 3.31. The number of carbonyl (C=O) groups excluding carboxylic acids is 1. The Bertz CT molecular complexity index is 926. The predicted molar refractivity (Wildman–Crippen MR) is 98.6 cm³/mol. The van der Waals surface area contributed by atoms with E-state index in [1.54, 1.807) is 19.1 Å². The Kier molecular flexibility index (Phi) is 4.97. The Morgan fingerprint density at radius 3 is 2.81 bits per heavy atom. The van der Waals surface area contributed by atoms with Gasteiger partial charge in [0.15, 0.2) is 5.82 Å². The molecular weight excluding hydrogens is 332 g/mol. The molecule has 2 aromatic heterocycles. The Morgan fingerprint density at radius 2 is 2.15 bits per heavy atom. The normalized spacial score (nSPS) is 11.3. The number of benzene rings is 1. The molecule has 0 saturated carbocycles. The zero-order chi connectivity index (χ0) is 18.8. The first-order valence-electron chi connectivity index (χ1n) is 8.65. The quantitative estimate of drug-likeness (QED) is 0.732. The summed E-state index contributed by atoms with van der Waals surface area (Å²) in [6, 6.07) is 5.73. The van der Waals surface area contributed by atoms with Crippen molar-refractivity contribution in [3.05, 3.63) is 41.2 Å². The molecule has 0 unspecified atom stereocenters. The zero-order valence-electron chi connectivity index (χ0n) is 15.8. The molecule has 0 fully saturated rings. The van der Waals surface area contributed by atoms with Crippen LogP contribution in [-0.2, 0) is 6.42 Å². The average Bonchev–Trinajstić information content (AvgIpc) is 3.24. The monoisotopic (exact) mass is 356 g/mol. The van der Waals surface area contributed by atoms with Crippen molar-refractivity contribution >= 4 is 16.8 Å². The number of aromatic nitrogens is 3. The maximum Gasteiger partial charge on any atom is 0.270 e. The van der Waals surface area contributed by atoms with Gasteiger partial charge in [0.05, 0.1) is 7.11 Å². The second kappa shape index (κ2) is 7.19. The number of carbonyl (C=O) groups is 1. The fourth-order valence-electron chi connectivity index (χ4n) is 2.81. The van der Waals surface area contributed by atoms with Gasteiger partial charge in [-0.3, -0.25) is 4.79 Å². The van der Waals surface area contributed by atoms with Crippen LogP contribution in [0.5, 0.6) is 5.75 Å². The van der Waals surface area contributed by atoms with E-state index in [1.807, 2.05) is 39.0 Å². The number of nitrogens with one attached hydrogen (secondary N) is 1. The van der Waals surface area contributed by atoms with E-state index in [-0.39, 0.29) is 11.8 Å². The summed E-state index contributed by atoms with van der Waals surface area (Å²) >= 11 is 0. The van der Waals surface area contributed by atoms with Crippen molar-refractivity contribution in [2.24, 2.45) is 0 Å². The van der Waals surface area contributed by atoms with Gasteiger partial charge < -0.3 is 19.1 Å². The van der Waals surface area contributed by atoms with Crippen LogP contribution in [0.4, 0.5) is 0 Å². The van der Waals surface area contributed by atoms with Crippen LogP contribution in [0, 0.1) is 6.92 Å². The van der Waals surface area contributed by atoms with Crippen molar-refractivity contribution in [1.29, 1.82) is 0 Å². The molecule has 1 amide bonds. The number of hydrogen-bond acceptors (Lipinski definition) is 5. The topological polar surface area (TPSA) is 84.3 Å². The van der Waals surface area contributed by atoms with E-state index in [0.29, 0.717) is 30.4 Å². The molecule has 138 valence electrons. The first kappa shape index (κ1) is 18.0. The van der Waals surface area contributed by atoms with Crippen molar-refractivity contribution in [1.82, 2.24) is 20.0 Å². The number of nitrogens with zero attached hydrogens (tertiary/aromatic N) is 3. The lowest BCUT2D eigenvalue weighted by atomic mass is 10.1. The van der Waals surface area contributed by atoms with Crippen LogP contribution in [0.25, 0.3) is 10.9 Å². The molecule has 0 aliphatic carbocycles. The highest BCUT2D eigenvalue weighted by Crippen LogP contribution is 2.26. The minimum atomic E-state index is -0.0646. The lowest BCUT2D eigenvalue weighted by molar-refractivity contribution is 0.0790. The molecule has 7 nitrogen and oxygen atoms in total. The van der Waals surface area contributed by atoms with E-state index in [0.717, 1.165) is 22.2 Å². The Morgan fingerprint density at radius 1 is 1.38 bits per heavy atom. The highest BCUT2D eigenvalue weighted by atomic mass is 16.5. The molecule has 7 heteroatoms. The van der Waals surface area contributed by atoms with Crippen LogP contribution in [0.2, 0.25) is 0 Å². The first-order chi connectivity index (χ1) is 12.4. The number of hydrogen-bond donors (Lipinski definition) is 1. The van der Waals surface area contributed by atoms with Gasteiger partial charge in [-0.15, -0.1) is 0 Å². The van der Waals surface area contributed by atoms with Crippen LogP contribution >= 0.6 is 0 Å². The Balaban J connectivity index is 1.73. The summed E-state index contributed by atoms with van der Waals surface area (Å²) in [5.74, 6) is 2.14. The SMILES string of the molecule is COc1ccc2[nH]c(C(=O)N(C)CCc3noc(C(C)C)n3)c(C)c2c1. The number of H-pyrrole nitrogens is 1. The molecule has 0 radical (unpaired) electrons. The van der Waals surface area contributed by atoms with E-state index < -0.39 is 0 Å². The smallest absolute Gasteiger partial charge is 0.270 e. The summed E-state index contributed by atoms with van der Waals surface area (Å²) in [4.78, 5) is 22.1. The van der Waals surface area contributed by atoms with Crippen LogP contribution in [0.1, 0.15) is 47.5 Å². The maximum absolute atomic E-state index is 12.8. The van der Waals surface area contributed by atoms with Crippen LogP contribution in [0.15, 0.2) is 22.7 Å². The zero-order valence-corrected chi connectivity index (χ0v) is 15.8. The molecular formula is C19H24N4O3. The molecule has 0 bridgehead atoms. The molecule has 2 heterocycles. The summed E-state index contributed by atoms with van der Waals surface area (Å²) in [5.41, 5.74) is 2.42. The molecule has 1 aromatic carbocycles. The van der Waals surface area contributed by atoms with E-state index in [9.17, 15) is 4.79 Å². The number of aryl methyl sites for hydroxylation is 1. The van der Waals surface area contributed by atoms with Gasteiger partial charge in [0.2, 0.25) is 5.89 Å². The maximum atomic E-state index is 12.8. The van der Waals surface area contributed by atoms with Crippen LogP contribution < -0.4 is 4.74 Å². The molecule has 0 spiro atoms. The number of amides is 1. The lowest BCUT2D eigenvalue weighted by Gasteiger charge is -2.15. The molecule has 3 aromatic rings. The highest BCUT2D eigenvalue weighted by molar-refractivity contribution is 6.01. The summed E-state index contributed by atoms with van der Waals surface area (Å²) in [6.45, 7) is 6.45. The van der Waals surface area contributed by atoms with Crippen LogP contribution in [0.3, 0.4) is 0 Å². The van der Waals surface area contributed by atoms with Gasteiger partial charge in [-0.2, -0.15) is 4.98 Å². The molecule has 26 heavy (non-hydrogen) atoms. The fraction of sp³-hybridized carbons (Fsp3) is 0.421. The molecule has 3 rings (SSSR count). The van der Waals surface area contributed by atoms with E-state index in [4.69, 9.17) is 9.26 Å². The minimum absolute atomic E-state index is 0.0646. The third kappa shape index (κ3) is 3.42. The Hall–Kier alpha value is -2.83. The lowest BCUT2D eigenvalue weighted by Crippen LogP contribution is -2.29. The number of fused-ring (bicyclic) bond motifs is 1. The second-order valence-corrected chi connectivity index (χ2v) is 6.72. The standard InChI is InChI=1S/C19H24N4O3/c1-11(2)18-21-16(22-26-18)8-9-23(4)19(24)17-12(3)14-10-13(25-5)6-7-15(14)20-17/h6-7,10-11,20H,8-9H2,1-5H3. The third-order valence-electron chi connectivity index (χ3n) is 4.47. The average molecular weight is 356 g/mol. The summed E-state index contributed by atoms with van der Waals surface area (Å²) in [6.07, 6.45) is 0.547. The van der Waals surface area contributed by atoms with Gasteiger partial charge in [0, 0.05) is 36.8 Å². The second-order valence-electron chi connectivity index (χ2n) is 6.72. The minimum Gasteiger partial charge on any atom is -0.497 e. The van der Waals surface area contributed by atoms with Crippen LogP contribution in [-0.4, -0.2) is 46.6 Å². The summed E-state index contributed by atoms with van der Waals surface area (Å²) in [5, 5.41) is 4.95. The number of likely N-dealkylation sites (N-methyl/N-ethyl adjacent to an activating group) is 1. The fourth-order valence-corrected chi connectivity index (χ4v) is 2.81. The van der Waals surface area contributed by atoms with E-state index in [2.05, 4.69) is 15.1 Å². The molecule has 0 aliphatic heterocycles. The summed E-state index contributed by atoms with van der Waals surface area (Å²) in [7, 11) is 3.41. The molecule has 1 N–H and O–H groups in total. The number of rotatable bonds is 6. The van der Waals surface area contributed by atoms with Gasteiger partial charge in [0.1, 0.15) is 11.4 Å². The van der Waals surface area contributed by atoms with Gasteiger partial charge in [-0.05, 0) is 30.7 Å². The number of aromatic amines is 1. The molecule has 0 saturated heterocycles. The van der Waals surface area contributed by atoms with Gasteiger partial charge in [0.25, 0.3) is 5.91 Å². The van der Waals surface area contributed by atoms with Crippen molar-refractivity contribution in [3.8, 4) is 5.75 Å². The van der Waals surface area contributed by atoms with Gasteiger partial charge >= 0.3 is 0 Å². The molecule has 0 aliphatic rings. The van der Waals surface area contributed by atoms with Gasteiger partial charge in [-0.25, -0.2) is 0 Å². The van der Waals surface area contributed by atoms with E-state index >= 15 is 0 Å². The van der Waals surface area contributed by atoms with Crippen molar-refractivity contribution in [2.45, 2.75) is 33.1 Å². The first-order valence-corrected chi connectivity index (χ1v) is 8.65. The van der Waals surface area contributed by atoms with Gasteiger partial charge in [-0.1, -0.05) is 19.0 Å². The number of methoxy groups -OCH3 is 1. The van der Waals surface area contributed by atoms with Crippen molar-refractivity contribution in [3.63, 3.8) is 0 Å². The third-order valence-corrected chi connectivity index (χ3v) is 4.47. The molecule has 0 atom stereocenters. The van der Waals surface area contributed by atoms with E-state index in [1.165, 1.54) is 0 Å². The number of ether oxygens (including phenoxy) is 1. The van der Waals surface area contributed by atoms with Crippen molar-refractivity contribution < 1.29 is 14.1 Å². The van der Waals surface area contributed by atoms with Crippen molar-refractivity contribution in [2.75, 3.05) is 20.7 Å². The summed E-state index contributed by atoms with van der Waals surface area (Å²) < 4.78 is 10.5. The highest BCUT2D eigenvalue weighted by Gasteiger charge is 2.19.